The molecule has 0 radical (unpaired) electrons. The van der Waals surface area contributed by atoms with Crippen LogP contribution in [0.25, 0.3) is 0 Å². The van der Waals surface area contributed by atoms with Crippen molar-refractivity contribution in [2.45, 2.75) is 51.0 Å². The van der Waals surface area contributed by atoms with E-state index in [9.17, 15) is 0 Å². The van der Waals surface area contributed by atoms with Gasteiger partial charge in [-0.1, -0.05) is 0 Å². The van der Waals surface area contributed by atoms with Gasteiger partial charge in [0, 0.05) is 18.7 Å². The molecule has 98 valence electrons. The zero-order chi connectivity index (χ0) is 12.3. The molecule has 4 aliphatic rings. The Morgan fingerprint density at radius 2 is 1.61 bits per heavy atom. The van der Waals surface area contributed by atoms with Crippen molar-refractivity contribution in [1.82, 2.24) is 0 Å². The highest BCUT2D eigenvalue weighted by atomic mass is 16.4. The number of rotatable bonds is 2. The summed E-state index contributed by atoms with van der Waals surface area (Å²) in [5.74, 6) is 5.09. The molecule has 1 aromatic rings. The monoisotopic (exact) mass is 245 g/mol. The minimum Gasteiger partial charge on any atom is -0.446 e. The molecule has 1 aromatic heterocycles. The number of aryl methyl sites for hydroxylation is 1. The van der Waals surface area contributed by atoms with E-state index in [0.29, 0.717) is 5.54 Å². The Morgan fingerprint density at radius 1 is 1.06 bits per heavy atom. The van der Waals surface area contributed by atoms with Crippen molar-refractivity contribution >= 4 is 5.88 Å². The van der Waals surface area contributed by atoms with Gasteiger partial charge in [0.05, 0.1) is 0 Å². The second-order valence-electron chi connectivity index (χ2n) is 7.09. The predicted molar refractivity (Wildman–Crippen MR) is 72.8 cm³/mol. The van der Waals surface area contributed by atoms with Crippen LogP contribution in [-0.2, 0) is 0 Å². The molecule has 0 amide bonds. The molecule has 4 saturated carbocycles. The highest BCUT2D eigenvalue weighted by Crippen LogP contribution is 2.58. The molecule has 1 heterocycles. The third-order valence-corrected chi connectivity index (χ3v) is 5.77. The fourth-order valence-electron chi connectivity index (χ4n) is 5.31. The molecule has 4 fully saturated rings. The van der Waals surface area contributed by atoms with Gasteiger partial charge in [0.25, 0.3) is 0 Å². The Kier molecular flexibility index (Phi) is 2.16. The van der Waals surface area contributed by atoms with Crippen LogP contribution in [0, 0.1) is 24.7 Å². The van der Waals surface area contributed by atoms with Gasteiger partial charge in [-0.3, -0.25) is 0 Å². The van der Waals surface area contributed by atoms with E-state index in [-0.39, 0.29) is 0 Å². The Labute approximate surface area is 109 Å². The highest BCUT2D eigenvalue weighted by molar-refractivity contribution is 5.40. The van der Waals surface area contributed by atoms with Gasteiger partial charge in [-0.25, -0.2) is 0 Å². The van der Waals surface area contributed by atoms with Gasteiger partial charge < -0.3 is 9.32 Å². The first-order valence-electron chi connectivity index (χ1n) is 7.45. The number of furan rings is 1. The quantitative estimate of drug-likeness (QED) is 0.783. The van der Waals surface area contributed by atoms with E-state index in [4.69, 9.17) is 4.42 Å². The van der Waals surface area contributed by atoms with E-state index in [1.807, 2.05) is 6.92 Å². The SMILES string of the molecule is Cc1ccc(N(C)C23CC4CC(CC(C4)C2)C3)o1. The third-order valence-electron chi connectivity index (χ3n) is 5.77. The maximum Gasteiger partial charge on any atom is 0.195 e. The maximum atomic E-state index is 5.86. The zero-order valence-electron chi connectivity index (χ0n) is 11.5. The van der Waals surface area contributed by atoms with Crippen molar-refractivity contribution in [3.63, 3.8) is 0 Å². The number of nitrogens with zero attached hydrogens (tertiary/aromatic N) is 1. The fourth-order valence-corrected chi connectivity index (χ4v) is 5.31. The number of hydrogen-bond donors (Lipinski definition) is 0. The van der Waals surface area contributed by atoms with E-state index >= 15 is 0 Å². The average molecular weight is 245 g/mol. The highest BCUT2D eigenvalue weighted by Gasteiger charge is 2.53. The van der Waals surface area contributed by atoms with Crippen molar-refractivity contribution in [2.75, 3.05) is 11.9 Å². The molecule has 0 unspecified atom stereocenters. The van der Waals surface area contributed by atoms with Crippen molar-refractivity contribution in [3.8, 4) is 0 Å². The Balaban J connectivity index is 1.67. The molecule has 2 nitrogen and oxygen atoms in total. The average Bonchev–Trinajstić information content (AvgIpc) is 2.73. The van der Waals surface area contributed by atoms with Crippen LogP contribution in [-0.4, -0.2) is 12.6 Å². The van der Waals surface area contributed by atoms with Crippen molar-refractivity contribution in [1.29, 1.82) is 0 Å². The van der Waals surface area contributed by atoms with Crippen molar-refractivity contribution in [3.05, 3.63) is 17.9 Å². The van der Waals surface area contributed by atoms with Gasteiger partial charge >= 0.3 is 0 Å². The largest absolute Gasteiger partial charge is 0.446 e. The predicted octanol–water partition coefficient (Wildman–Crippen LogP) is 3.99. The zero-order valence-corrected chi connectivity index (χ0v) is 11.5. The number of hydrogen-bond acceptors (Lipinski definition) is 2. The van der Waals surface area contributed by atoms with Crippen LogP contribution in [0.15, 0.2) is 16.5 Å². The maximum absolute atomic E-state index is 5.86. The standard InChI is InChI=1S/C16H23NO/c1-11-3-4-15(18-11)17(2)16-8-12-5-13(9-16)7-14(6-12)10-16/h3-4,12-14H,5-10H2,1-2H3. The van der Waals surface area contributed by atoms with E-state index in [1.54, 1.807) is 0 Å². The van der Waals surface area contributed by atoms with Gasteiger partial charge in [-0.05, 0) is 69.3 Å². The minimum absolute atomic E-state index is 0.416. The van der Waals surface area contributed by atoms with E-state index in [1.165, 1.54) is 38.5 Å². The molecule has 0 saturated heterocycles. The van der Waals surface area contributed by atoms with Gasteiger partial charge in [-0.15, -0.1) is 0 Å². The van der Waals surface area contributed by atoms with Gasteiger partial charge in [-0.2, -0.15) is 0 Å². The van der Waals surface area contributed by atoms with Crippen LogP contribution in [0.2, 0.25) is 0 Å². The third kappa shape index (κ3) is 1.47. The van der Waals surface area contributed by atoms with Crippen molar-refractivity contribution in [2.24, 2.45) is 17.8 Å². The van der Waals surface area contributed by atoms with Gasteiger partial charge in [0.15, 0.2) is 5.88 Å². The van der Waals surface area contributed by atoms with Crippen molar-refractivity contribution < 1.29 is 4.42 Å². The van der Waals surface area contributed by atoms with Crippen LogP contribution in [0.5, 0.6) is 0 Å². The summed E-state index contributed by atoms with van der Waals surface area (Å²) in [5.41, 5.74) is 0.416. The van der Waals surface area contributed by atoms with E-state index in [2.05, 4.69) is 24.1 Å². The summed E-state index contributed by atoms with van der Waals surface area (Å²) >= 11 is 0. The summed E-state index contributed by atoms with van der Waals surface area (Å²) in [6, 6.07) is 4.24. The molecule has 18 heavy (non-hydrogen) atoms. The minimum atomic E-state index is 0.416. The summed E-state index contributed by atoms with van der Waals surface area (Å²) in [4.78, 5) is 2.48. The molecule has 4 aliphatic carbocycles. The lowest BCUT2D eigenvalue weighted by Crippen LogP contribution is -2.59. The molecule has 5 rings (SSSR count). The van der Waals surface area contributed by atoms with Crippen LogP contribution >= 0.6 is 0 Å². The topological polar surface area (TPSA) is 16.4 Å². The molecule has 0 aliphatic heterocycles. The second-order valence-corrected chi connectivity index (χ2v) is 7.09. The lowest BCUT2D eigenvalue weighted by Gasteiger charge is -2.59. The molecular weight excluding hydrogens is 222 g/mol. The summed E-state index contributed by atoms with van der Waals surface area (Å²) in [7, 11) is 2.26. The molecule has 2 heteroatoms. The molecule has 0 spiro atoms. The van der Waals surface area contributed by atoms with E-state index < -0.39 is 0 Å². The first-order chi connectivity index (χ1) is 8.64. The van der Waals surface area contributed by atoms with E-state index in [0.717, 1.165) is 29.4 Å². The first-order valence-corrected chi connectivity index (χ1v) is 7.45. The molecule has 0 aromatic carbocycles. The molecule has 0 N–H and O–H groups in total. The number of anilines is 1. The first kappa shape index (κ1) is 11.0. The Bertz CT molecular complexity index is 426. The Morgan fingerprint density at radius 3 is 2.06 bits per heavy atom. The Hall–Kier alpha value is -0.920. The molecule has 4 bridgehead atoms. The molecular formula is C16H23NO. The van der Waals surface area contributed by atoms with Crippen LogP contribution in [0.1, 0.15) is 44.3 Å². The molecule has 0 atom stereocenters. The summed E-state index contributed by atoms with van der Waals surface area (Å²) in [5, 5.41) is 0. The fraction of sp³-hybridized carbons (Fsp3) is 0.750. The lowest BCUT2D eigenvalue weighted by atomic mass is 9.52. The second kappa shape index (κ2) is 3.55. The van der Waals surface area contributed by atoms with Gasteiger partial charge in [0.1, 0.15) is 5.76 Å². The van der Waals surface area contributed by atoms with Crippen LogP contribution in [0.3, 0.4) is 0 Å². The smallest absolute Gasteiger partial charge is 0.195 e. The normalized spacial score (nSPS) is 41.3. The lowest BCUT2D eigenvalue weighted by molar-refractivity contribution is -0.00344. The summed E-state index contributed by atoms with van der Waals surface area (Å²) in [6.07, 6.45) is 8.71. The summed E-state index contributed by atoms with van der Waals surface area (Å²) < 4.78 is 5.86. The summed E-state index contributed by atoms with van der Waals surface area (Å²) in [6.45, 7) is 2.04. The van der Waals surface area contributed by atoms with Crippen LogP contribution < -0.4 is 4.90 Å². The van der Waals surface area contributed by atoms with Crippen LogP contribution in [0.4, 0.5) is 5.88 Å². The van der Waals surface area contributed by atoms with Gasteiger partial charge in [0.2, 0.25) is 0 Å².